The number of halogens is 4. The van der Waals surface area contributed by atoms with Gasteiger partial charge in [0.25, 0.3) is 0 Å². The van der Waals surface area contributed by atoms with E-state index in [4.69, 9.17) is 4.74 Å². The lowest BCUT2D eigenvalue weighted by Crippen LogP contribution is -2.33. The van der Waals surface area contributed by atoms with Gasteiger partial charge in [-0.3, -0.25) is 4.79 Å². The van der Waals surface area contributed by atoms with Gasteiger partial charge in [-0.05, 0) is 122 Å². The first-order chi connectivity index (χ1) is 29.3. The third-order valence-corrected chi connectivity index (χ3v) is 12.7. The van der Waals surface area contributed by atoms with Crippen molar-refractivity contribution in [3.63, 3.8) is 0 Å². The highest BCUT2D eigenvalue weighted by molar-refractivity contribution is 6.27. The van der Waals surface area contributed by atoms with Gasteiger partial charge in [-0.15, -0.1) is 0 Å². The van der Waals surface area contributed by atoms with Crippen LogP contribution in [0.3, 0.4) is 0 Å². The Labute approximate surface area is 357 Å². The van der Waals surface area contributed by atoms with Gasteiger partial charge >= 0.3 is 12.3 Å². The topological polar surface area (TPSA) is 63.8 Å². The van der Waals surface area contributed by atoms with Crippen molar-refractivity contribution in [2.45, 2.75) is 125 Å². The molecule has 0 aliphatic carbocycles. The molecule has 0 bridgehead atoms. The molecular formula is C52H60F4N2O3. The van der Waals surface area contributed by atoms with Gasteiger partial charge in [-0.1, -0.05) is 108 Å². The number of aromatic nitrogens is 1. The van der Waals surface area contributed by atoms with E-state index in [1.165, 1.54) is 36.1 Å². The molecule has 0 amide bonds. The number of rotatable bonds is 20. The fourth-order valence-corrected chi connectivity index (χ4v) is 9.15. The van der Waals surface area contributed by atoms with Crippen molar-refractivity contribution in [2.75, 3.05) is 6.61 Å². The maximum Gasteiger partial charge on any atom is 0.340 e. The number of unbranched alkanes of at least 4 members (excludes halogenated alkanes) is 2. The fourth-order valence-electron chi connectivity index (χ4n) is 9.15. The second kappa shape index (κ2) is 19.7. The van der Waals surface area contributed by atoms with Crippen LogP contribution in [0.25, 0.3) is 32.6 Å². The van der Waals surface area contributed by atoms with Gasteiger partial charge in [0.15, 0.2) is 12.4 Å². The molecule has 1 N–H and O–H groups in total. The number of hydrogen-bond donors (Lipinski definition) is 1. The van der Waals surface area contributed by atoms with Crippen LogP contribution >= 0.6 is 0 Å². The molecule has 0 radical (unpaired) electrons. The molecule has 0 aliphatic rings. The number of carbonyl (C=O) groups excluding carboxylic acids is 1. The van der Waals surface area contributed by atoms with E-state index in [2.05, 4.69) is 69.5 Å². The van der Waals surface area contributed by atoms with Crippen molar-refractivity contribution in [1.82, 2.24) is 4.57 Å². The fraction of sp³-hybridized carbons (Fsp3) is 0.423. The zero-order chi connectivity index (χ0) is 44.0. The van der Waals surface area contributed by atoms with E-state index in [0.29, 0.717) is 28.5 Å². The number of carbonyl (C=O) groups is 1. The number of hydrogen-bond acceptors (Lipinski definition) is 4. The molecule has 1 aromatic heterocycles. The number of ether oxygens (including phenoxy) is 1. The van der Waals surface area contributed by atoms with Crippen molar-refractivity contribution >= 4 is 44.1 Å². The summed E-state index contributed by atoms with van der Waals surface area (Å²) in [5.74, 6) is -3.35. The molecule has 9 heteroatoms. The molecule has 324 valence electrons. The molecule has 6 rings (SSSR count). The van der Waals surface area contributed by atoms with Gasteiger partial charge in [-0.25, -0.2) is 8.78 Å². The highest BCUT2D eigenvalue weighted by Crippen LogP contribution is 2.40. The van der Waals surface area contributed by atoms with E-state index < -0.39 is 19.0 Å². The maximum absolute atomic E-state index is 14.8. The lowest BCUT2D eigenvalue weighted by Gasteiger charge is -2.21. The van der Waals surface area contributed by atoms with E-state index >= 15 is 0 Å². The van der Waals surface area contributed by atoms with Crippen molar-refractivity contribution < 1.29 is 32.3 Å². The Morgan fingerprint density at radius 2 is 1.41 bits per heavy atom. The van der Waals surface area contributed by atoms with Gasteiger partial charge in [0.1, 0.15) is 11.5 Å². The predicted octanol–water partition coefficient (Wildman–Crippen LogP) is 14.6. The minimum absolute atomic E-state index is 0.0118. The molecule has 1 heterocycles. The molecule has 0 spiro atoms. The summed E-state index contributed by atoms with van der Waals surface area (Å²) in [6.45, 7) is 14.5. The molecule has 2 atom stereocenters. The number of nitrogens with zero attached hydrogens (tertiary/aromatic N) is 2. The Bertz CT molecular complexity index is 2520. The van der Waals surface area contributed by atoms with Crippen LogP contribution in [0.5, 0.6) is 5.75 Å². The number of aryl methyl sites for hydroxylation is 2. The van der Waals surface area contributed by atoms with Crippen LogP contribution in [0.4, 0.5) is 17.6 Å². The zero-order valence-electron chi connectivity index (χ0n) is 36.7. The van der Waals surface area contributed by atoms with Gasteiger partial charge in [0, 0.05) is 50.5 Å². The van der Waals surface area contributed by atoms with Crippen molar-refractivity contribution in [1.29, 1.82) is 0 Å². The Morgan fingerprint density at radius 1 is 0.770 bits per heavy atom. The minimum Gasteiger partial charge on any atom is -0.487 e. The molecule has 0 aliphatic heterocycles. The SMILES string of the molecule is CCCCC(CC)Cc1c(C)cc(C)c(C(=O)c2ccc3c(c2)c2cc(C(=NO)c4ccc(OCC(F)(F)C(F)F)cc4)c4ccccc4c2n3CC(CC)CCCC)c1C. The average molecular weight is 837 g/mol. The Kier molecular flexibility index (Phi) is 14.6. The molecule has 5 aromatic carbocycles. The van der Waals surface area contributed by atoms with Crippen LogP contribution in [0.1, 0.15) is 128 Å². The van der Waals surface area contributed by atoms with E-state index in [0.717, 1.165) is 101 Å². The molecule has 6 aromatic rings. The normalized spacial score (nSPS) is 13.5. The number of oxime groups is 1. The summed E-state index contributed by atoms with van der Waals surface area (Å²) in [6, 6.07) is 24.1. The number of benzene rings is 5. The van der Waals surface area contributed by atoms with Crippen LogP contribution in [0.2, 0.25) is 0 Å². The lowest BCUT2D eigenvalue weighted by molar-refractivity contribution is -0.148. The summed E-state index contributed by atoms with van der Waals surface area (Å²) in [6.07, 6.45) is 6.06. The van der Waals surface area contributed by atoms with Gasteiger partial charge in [-0.2, -0.15) is 8.78 Å². The number of alkyl halides is 4. The quantitative estimate of drug-likeness (QED) is 0.0274. The third-order valence-electron chi connectivity index (χ3n) is 12.7. The lowest BCUT2D eigenvalue weighted by atomic mass is 9.83. The van der Waals surface area contributed by atoms with Crippen LogP contribution in [0.15, 0.2) is 84.0 Å². The van der Waals surface area contributed by atoms with Crippen molar-refractivity contribution in [3.8, 4) is 5.75 Å². The van der Waals surface area contributed by atoms with Crippen LogP contribution in [-0.2, 0) is 13.0 Å². The van der Waals surface area contributed by atoms with Gasteiger partial charge in [0.05, 0.1) is 5.52 Å². The minimum atomic E-state index is -4.30. The molecule has 2 unspecified atom stereocenters. The van der Waals surface area contributed by atoms with E-state index in [1.54, 1.807) is 12.1 Å². The molecule has 0 saturated carbocycles. The summed E-state index contributed by atoms with van der Waals surface area (Å²) in [5.41, 5.74) is 9.22. The summed E-state index contributed by atoms with van der Waals surface area (Å²) < 4.78 is 60.2. The van der Waals surface area contributed by atoms with Crippen LogP contribution in [0, 0.1) is 32.6 Å². The summed E-state index contributed by atoms with van der Waals surface area (Å²) >= 11 is 0. The largest absolute Gasteiger partial charge is 0.487 e. The first-order valence-corrected chi connectivity index (χ1v) is 22.0. The third kappa shape index (κ3) is 9.51. The van der Waals surface area contributed by atoms with E-state index in [9.17, 15) is 27.6 Å². The second-order valence-corrected chi connectivity index (χ2v) is 16.9. The van der Waals surface area contributed by atoms with Crippen LogP contribution in [-0.4, -0.2) is 40.2 Å². The first kappa shape index (κ1) is 45.3. The standard InChI is InChI=1S/C52H60F4N2O3/c1-8-12-16-35(10-3)27-42-32(5)26-33(6)47(34(42)7)50(59)38-22-25-46-43(28-38)45-29-44(48(57-60)37-20-23-39(24-21-37)61-31-52(55,56)51(53)54)40-18-14-15-19-41(40)49(45)58(46)30-36(11-4)17-13-9-2/h14-15,18-26,28-29,35-36,51,60H,8-13,16-17,27,30-31H2,1-7H3. The number of fused-ring (bicyclic) bond motifs is 5. The average Bonchev–Trinajstić information content (AvgIpc) is 3.56. The molecule has 0 fully saturated rings. The van der Waals surface area contributed by atoms with Gasteiger partial charge < -0.3 is 14.5 Å². The summed E-state index contributed by atoms with van der Waals surface area (Å²) in [5, 5.41) is 18.0. The Morgan fingerprint density at radius 3 is 2.03 bits per heavy atom. The second-order valence-electron chi connectivity index (χ2n) is 16.9. The zero-order valence-corrected chi connectivity index (χ0v) is 36.7. The Balaban J connectivity index is 1.52. The predicted molar refractivity (Wildman–Crippen MR) is 242 cm³/mol. The van der Waals surface area contributed by atoms with Crippen LogP contribution < -0.4 is 4.74 Å². The highest BCUT2D eigenvalue weighted by atomic mass is 19.3. The Hall–Kier alpha value is -5.18. The first-order valence-electron chi connectivity index (χ1n) is 22.0. The maximum atomic E-state index is 14.8. The summed E-state index contributed by atoms with van der Waals surface area (Å²) in [4.78, 5) is 14.8. The molecule has 5 nitrogen and oxygen atoms in total. The summed E-state index contributed by atoms with van der Waals surface area (Å²) in [7, 11) is 0. The smallest absolute Gasteiger partial charge is 0.340 e. The monoisotopic (exact) mass is 836 g/mol. The molecule has 0 saturated heterocycles. The van der Waals surface area contributed by atoms with Gasteiger partial charge in [0.2, 0.25) is 0 Å². The molecule has 61 heavy (non-hydrogen) atoms. The van der Waals surface area contributed by atoms with E-state index in [-0.39, 0.29) is 17.2 Å². The van der Waals surface area contributed by atoms with E-state index in [1.807, 2.05) is 43.3 Å². The highest BCUT2D eigenvalue weighted by Gasteiger charge is 2.41. The molecular weight excluding hydrogens is 777 g/mol. The number of ketones is 1. The van der Waals surface area contributed by atoms with Crippen molar-refractivity contribution in [2.24, 2.45) is 17.0 Å². The van der Waals surface area contributed by atoms with Crippen molar-refractivity contribution in [3.05, 3.63) is 123 Å².